The fourth-order valence-corrected chi connectivity index (χ4v) is 1.26. The van der Waals surface area contributed by atoms with Crippen LogP contribution in [-0.4, -0.2) is 34.9 Å². The standard InChI is InChI=1S/C10H10ClFN2O4/c11-6-2-1-5(12)3-7(6)13-10(18)14-8(4-15)9(16)17/h1-3,8,15H,4H2,(H,16,17)(H2,13,14,18). The Bertz CT molecular complexity index is 469. The number of amides is 2. The Morgan fingerprint density at radius 3 is 2.67 bits per heavy atom. The van der Waals surface area contributed by atoms with Gasteiger partial charge in [0, 0.05) is 0 Å². The zero-order valence-corrected chi connectivity index (χ0v) is 9.74. The largest absolute Gasteiger partial charge is 0.480 e. The van der Waals surface area contributed by atoms with Gasteiger partial charge >= 0.3 is 12.0 Å². The number of hydrogen-bond acceptors (Lipinski definition) is 3. The van der Waals surface area contributed by atoms with Crippen molar-refractivity contribution in [3.05, 3.63) is 29.0 Å². The number of carbonyl (C=O) groups is 2. The van der Waals surface area contributed by atoms with Gasteiger partial charge in [0.1, 0.15) is 5.82 Å². The third-order valence-corrected chi connectivity index (χ3v) is 2.29. The average Bonchev–Trinajstić information content (AvgIpc) is 2.30. The number of hydrogen-bond donors (Lipinski definition) is 4. The fourth-order valence-electron chi connectivity index (χ4n) is 1.10. The highest BCUT2D eigenvalue weighted by atomic mass is 35.5. The van der Waals surface area contributed by atoms with Crippen LogP contribution < -0.4 is 10.6 Å². The van der Waals surface area contributed by atoms with Gasteiger partial charge in [-0.2, -0.15) is 0 Å². The second kappa shape index (κ2) is 6.18. The first-order chi connectivity index (χ1) is 8.43. The van der Waals surface area contributed by atoms with E-state index < -0.39 is 30.5 Å². The summed E-state index contributed by atoms with van der Waals surface area (Å²) < 4.78 is 12.9. The van der Waals surface area contributed by atoms with Crippen LogP contribution in [0.3, 0.4) is 0 Å². The van der Waals surface area contributed by atoms with Crippen LogP contribution in [0.2, 0.25) is 5.02 Å². The summed E-state index contributed by atoms with van der Waals surface area (Å²) >= 11 is 5.70. The number of aliphatic hydroxyl groups excluding tert-OH is 1. The fraction of sp³-hybridized carbons (Fsp3) is 0.200. The monoisotopic (exact) mass is 276 g/mol. The molecule has 0 bridgehead atoms. The minimum Gasteiger partial charge on any atom is -0.480 e. The van der Waals surface area contributed by atoms with E-state index in [4.69, 9.17) is 21.8 Å². The van der Waals surface area contributed by atoms with E-state index in [1.807, 2.05) is 5.32 Å². The van der Waals surface area contributed by atoms with Crippen molar-refractivity contribution in [1.82, 2.24) is 5.32 Å². The summed E-state index contributed by atoms with van der Waals surface area (Å²) in [6, 6.07) is 0.976. The lowest BCUT2D eigenvalue weighted by molar-refractivity contribution is -0.140. The number of aliphatic carboxylic acids is 1. The van der Waals surface area contributed by atoms with Crippen molar-refractivity contribution in [1.29, 1.82) is 0 Å². The second-order valence-corrected chi connectivity index (χ2v) is 3.70. The molecule has 1 rings (SSSR count). The van der Waals surface area contributed by atoms with Crippen molar-refractivity contribution in [2.24, 2.45) is 0 Å². The molecule has 18 heavy (non-hydrogen) atoms. The number of halogens is 2. The number of urea groups is 1. The van der Waals surface area contributed by atoms with Gasteiger partial charge in [-0.1, -0.05) is 11.6 Å². The molecule has 4 N–H and O–H groups in total. The molecule has 2 amide bonds. The molecule has 0 spiro atoms. The van der Waals surface area contributed by atoms with Gasteiger partial charge in [0.05, 0.1) is 17.3 Å². The zero-order valence-electron chi connectivity index (χ0n) is 8.98. The van der Waals surface area contributed by atoms with Gasteiger partial charge < -0.3 is 20.8 Å². The van der Waals surface area contributed by atoms with E-state index in [1.54, 1.807) is 0 Å². The summed E-state index contributed by atoms with van der Waals surface area (Å²) in [7, 11) is 0. The van der Waals surface area contributed by atoms with Gasteiger partial charge in [0.15, 0.2) is 6.04 Å². The van der Waals surface area contributed by atoms with E-state index in [9.17, 15) is 14.0 Å². The van der Waals surface area contributed by atoms with Gasteiger partial charge in [-0.15, -0.1) is 0 Å². The third kappa shape index (κ3) is 3.86. The smallest absolute Gasteiger partial charge is 0.328 e. The van der Waals surface area contributed by atoms with Crippen molar-refractivity contribution in [2.45, 2.75) is 6.04 Å². The number of carbonyl (C=O) groups excluding carboxylic acids is 1. The van der Waals surface area contributed by atoms with Crippen molar-refractivity contribution in [3.8, 4) is 0 Å². The second-order valence-electron chi connectivity index (χ2n) is 3.30. The van der Waals surface area contributed by atoms with Gasteiger partial charge in [-0.05, 0) is 18.2 Å². The molecular weight excluding hydrogens is 267 g/mol. The van der Waals surface area contributed by atoms with Gasteiger partial charge in [0.25, 0.3) is 0 Å². The van der Waals surface area contributed by atoms with E-state index in [2.05, 4.69) is 5.32 Å². The van der Waals surface area contributed by atoms with Crippen LogP contribution in [-0.2, 0) is 4.79 Å². The summed E-state index contributed by atoms with van der Waals surface area (Å²) in [5.41, 5.74) is -0.00348. The topological polar surface area (TPSA) is 98.7 Å². The number of aliphatic hydroxyl groups is 1. The number of carboxylic acid groups (broad SMARTS) is 1. The molecule has 1 aromatic rings. The highest BCUT2D eigenvalue weighted by Crippen LogP contribution is 2.22. The maximum Gasteiger partial charge on any atom is 0.328 e. The van der Waals surface area contributed by atoms with Crippen LogP contribution in [0.25, 0.3) is 0 Å². The third-order valence-electron chi connectivity index (χ3n) is 1.96. The van der Waals surface area contributed by atoms with E-state index in [1.165, 1.54) is 6.07 Å². The number of benzene rings is 1. The number of rotatable bonds is 4. The van der Waals surface area contributed by atoms with Crippen LogP contribution in [0.4, 0.5) is 14.9 Å². The Labute approximate surface area is 106 Å². The molecule has 1 aromatic carbocycles. The Kier molecular flexibility index (Phi) is 4.87. The van der Waals surface area contributed by atoms with E-state index in [0.29, 0.717) is 0 Å². The molecular formula is C10H10ClFN2O4. The normalized spacial score (nSPS) is 11.7. The first-order valence-electron chi connectivity index (χ1n) is 4.80. The predicted molar refractivity (Wildman–Crippen MR) is 62.1 cm³/mol. The Hall–Kier alpha value is -1.86. The molecule has 0 saturated heterocycles. The van der Waals surface area contributed by atoms with Gasteiger partial charge in [0.2, 0.25) is 0 Å². The zero-order chi connectivity index (χ0) is 13.7. The predicted octanol–water partition coefficient (Wildman–Crippen LogP) is 1.05. The maximum absolute atomic E-state index is 12.9. The van der Waals surface area contributed by atoms with Crippen LogP contribution in [0.1, 0.15) is 0 Å². The number of carboxylic acids is 1. The SMILES string of the molecule is O=C(Nc1cc(F)ccc1Cl)NC(CO)C(=O)O. The first kappa shape index (κ1) is 14.2. The van der Waals surface area contributed by atoms with Crippen LogP contribution in [0.15, 0.2) is 18.2 Å². The van der Waals surface area contributed by atoms with Crippen molar-refractivity contribution < 1.29 is 24.2 Å². The lowest BCUT2D eigenvalue weighted by Crippen LogP contribution is -2.45. The molecule has 0 radical (unpaired) electrons. The highest BCUT2D eigenvalue weighted by Gasteiger charge is 2.19. The lowest BCUT2D eigenvalue weighted by atomic mass is 10.3. The Morgan fingerprint density at radius 2 is 2.11 bits per heavy atom. The molecule has 0 saturated carbocycles. The molecule has 1 unspecified atom stereocenters. The van der Waals surface area contributed by atoms with Crippen molar-refractivity contribution >= 4 is 29.3 Å². The maximum atomic E-state index is 12.9. The Balaban J connectivity index is 2.70. The van der Waals surface area contributed by atoms with E-state index in [-0.39, 0.29) is 10.7 Å². The molecule has 8 heteroatoms. The molecule has 0 aliphatic carbocycles. The highest BCUT2D eigenvalue weighted by molar-refractivity contribution is 6.33. The van der Waals surface area contributed by atoms with E-state index in [0.717, 1.165) is 12.1 Å². The summed E-state index contributed by atoms with van der Waals surface area (Å²) in [4.78, 5) is 21.9. The first-order valence-corrected chi connectivity index (χ1v) is 5.18. The molecule has 0 aliphatic rings. The number of anilines is 1. The minimum absolute atomic E-state index is 0.00348. The van der Waals surface area contributed by atoms with Crippen molar-refractivity contribution in [2.75, 3.05) is 11.9 Å². The van der Waals surface area contributed by atoms with Crippen molar-refractivity contribution in [3.63, 3.8) is 0 Å². The summed E-state index contributed by atoms with van der Waals surface area (Å²) in [6.45, 7) is -0.764. The molecule has 0 heterocycles. The van der Waals surface area contributed by atoms with Gasteiger partial charge in [-0.3, -0.25) is 0 Å². The number of nitrogens with one attached hydrogen (secondary N) is 2. The quantitative estimate of drug-likeness (QED) is 0.660. The summed E-state index contributed by atoms with van der Waals surface area (Å²) in [6.07, 6.45) is 0. The summed E-state index contributed by atoms with van der Waals surface area (Å²) in [5.74, 6) is -2.00. The Morgan fingerprint density at radius 1 is 1.44 bits per heavy atom. The van der Waals surface area contributed by atoms with E-state index >= 15 is 0 Å². The molecule has 98 valence electrons. The van der Waals surface area contributed by atoms with Gasteiger partial charge in [-0.25, -0.2) is 14.0 Å². The molecule has 0 fully saturated rings. The van der Waals surface area contributed by atoms with Crippen LogP contribution >= 0.6 is 11.6 Å². The summed E-state index contributed by atoms with van der Waals surface area (Å²) in [5, 5.41) is 21.6. The van der Waals surface area contributed by atoms with Crippen LogP contribution in [0.5, 0.6) is 0 Å². The average molecular weight is 277 g/mol. The molecule has 6 nitrogen and oxygen atoms in total. The molecule has 0 aromatic heterocycles. The molecule has 0 aliphatic heterocycles. The molecule has 1 atom stereocenters. The minimum atomic E-state index is -1.45. The van der Waals surface area contributed by atoms with Crippen LogP contribution in [0, 0.1) is 5.82 Å². The lowest BCUT2D eigenvalue weighted by Gasteiger charge is -2.13.